The van der Waals surface area contributed by atoms with Crippen molar-refractivity contribution in [1.29, 1.82) is 0 Å². The fourth-order valence-electron chi connectivity index (χ4n) is 3.33. The molecule has 1 aromatic rings. The van der Waals surface area contributed by atoms with Gasteiger partial charge in [0.05, 0.1) is 11.5 Å². The van der Waals surface area contributed by atoms with Crippen molar-refractivity contribution in [1.82, 2.24) is 10.2 Å². The Morgan fingerprint density at radius 3 is 2.43 bits per heavy atom. The summed E-state index contributed by atoms with van der Waals surface area (Å²) >= 11 is 0. The van der Waals surface area contributed by atoms with E-state index in [0.717, 1.165) is 37.1 Å². The number of nitrogens with zero attached hydrogens (tertiary/aromatic N) is 1. The molecule has 2 fully saturated rings. The van der Waals surface area contributed by atoms with Gasteiger partial charge in [-0.25, -0.2) is 8.42 Å². The van der Waals surface area contributed by atoms with Crippen LogP contribution in [0.4, 0.5) is 0 Å². The van der Waals surface area contributed by atoms with Crippen molar-refractivity contribution in [2.45, 2.75) is 38.3 Å². The van der Waals surface area contributed by atoms with Gasteiger partial charge in [-0.05, 0) is 43.9 Å². The van der Waals surface area contributed by atoms with Gasteiger partial charge >= 0.3 is 0 Å². The standard InChI is InChI=1S/C17H24N2O3S/c1-17(8-11-23(21,22)13-17)18-12-14-4-6-15(7-5-14)16(20)19-9-2-3-10-19/h4-7,18H,2-3,8-13H2,1H3/t17-/m0/s1. The molecule has 23 heavy (non-hydrogen) atoms. The van der Waals surface area contributed by atoms with Gasteiger partial charge in [0.2, 0.25) is 0 Å². The lowest BCUT2D eigenvalue weighted by Gasteiger charge is -2.24. The molecule has 1 aromatic carbocycles. The van der Waals surface area contributed by atoms with Gasteiger partial charge in [0, 0.05) is 30.7 Å². The van der Waals surface area contributed by atoms with E-state index in [-0.39, 0.29) is 23.0 Å². The zero-order chi connectivity index (χ0) is 16.5. The average Bonchev–Trinajstić information content (AvgIpc) is 3.14. The van der Waals surface area contributed by atoms with Crippen molar-refractivity contribution >= 4 is 15.7 Å². The molecule has 1 amide bonds. The first-order chi connectivity index (χ1) is 10.9. The van der Waals surface area contributed by atoms with Crippen LogP contribution in [0.2, 0.25) is 0 Å². The van der Waals surface area contributed by atoms with Gasteiger partial charge in [0.15, 0.2) is 9.84 Å². The topological polar surface area (TPSA) is 66.5 Å². The lowest BCUT2D eigenvalue weighted by molar-refractivity contribution is 0.0793. The van der Waals surface area contributed by atoms with Gasteiger partial charge in [-0.3, -0.25) is 4.79 Å². The fraction of sp³-hybridized carbons (Fsp3) is 0.588. The Morgan fingerprint density at radius 2 is 1.87 bits per heavy atom. The second-order valence-electron chi connectivity index (χ2n) is 6.95. The lowest BCUT2D eigenvalue weighted by atomic mass is 10.0. The Labute approximate surface area is 138 Å². The first kappa shape index (κ1) is 16.5. The number of amides is 1. The van der Waals surface area contributed by atoms with Crippen LogP contribution in [0.1, 0.15) is 42.1 Å². The molecule has 2 saturated heterocycles. The molecule has 3 rings (SSSR count). The molecule has 0 spiro atoms. The molecule has 0 saturated carbocycles. The second-order valence-corrected chi connectivity index (χ2v) is 9.14. The van der Waals surface area contributed by atoms with Crippen molar-refractivity contribution < 1.29 is 13.2 Å². The highest BCUT2D eigenvalue weighted by molar-refractivity contribution is 7.91. The molecule has 6 heteroatoms. The number of likely N-dealkylation sites (tertiary alicyclic amines) is 1. The second kappa shape index (κ2) is 6.24. The lowest BCUT2D eigenvalue weighted by Crippen LogP contribution is -2.42. The maximum atomic E-state index is 12.3. The summed E-state index contributed by atoms with van der Waals surface area (Å²) in [5, 5.41) is 3.36. The zero-order valence-corrected chi connectivity index (χ0v) is 14.4. The van der Waals surface area contributed by atoms with Crippen molar-refractivity contribution in [3.63, 3.8) is 0 Å². The number of carbonyl (C=O) groups excluding carboxylic acids is 1. The largest absolute Gasteiger partial charge is 0.339 e. The number of sulfone groups is 1. The van der Waals surface area contributed by atoms with Crippen LogP contribution in [0, 0.1) is 0 Å². The minimum atomic E-state index is -2.90. The first-order valence-corrected chi connectivity index (χ1v) is 10.0. The molecular formula is C17H24N2O3S. The maximum absolute atomic E-state index is 12.3. The molecule has 0 unspecified atom stereocenters. The number of hydrogen-bond acceptors (Lipinski definition) is 4. The highest BCUT2D eigenvalue weighted by Gasteiger charge is 2.37. The number of carbonyl (C=O) groups is 1. The number of rotatable bonds is 4. The van der Waals surface area contributed by atoms with E-state index in [9.17, 15) is 13.2 Å². The number of hydrogen-bond donors (Lipinski definition) is 1. The highest BCUT2D eigenvalue weighted by atomic mass is 32.2. The van der Waals surface area contributed by atoms with E-state index >= 15 is 0 Å². The quantitative estimate of drug-likeness (QED) is 0.907. The summed E-state index contributed by atoms with van der Waals surface area (Å²) in [5.41, 5.74) is 1.45. The normalized spacial score (nSPS) is 26.6. The molecule has 2 heterocycles. The van der Waals surface area contributed by atoms with Gasteiger partial charge in [-0.1, -0.05) is 12.1 Å². The average molecular weight is 336 g/mol. The van der Waals surface area contributed by atoms with Gasteiger partial charge < -0.3 is 10.2 Å². The van der Waals surface area contributed by atoms with E-state index in [1.165, 1.54) is 0 Å². The molecule has 0 aliphatic carbocycles. The van der Waals surface area contributed by atoms with E-state index < -0.39 is 9.84 Å². The minimum Gasteiger partial charge on any atom is -0.339 e. The Hall–Kier alpha value is -1.40. The van der Waals surface area contributed by atoms with Gasteiger partial charge in [-0.2, -0.15) is 0 Å². The van der Waals surface area contributed by atoms with Crippen LogP contribution >= 0.6 is 0 Å². The summed E-state index contributed by atoms with van der Waals surface area (Å²) in [4.78, 5) is 14.2. The Morgan fingerprint density at radius 1 is 1.22 bits per heavy atom. The summed E-state index contributed by atoms with van der Waals surface area (Å²) in [7, 11) is -2.90. The molecule has 1 N–H and O–H groups in total. The molecule has 126 valence electrons. The van der Waals surface area contributed by atoms with E-state index in [1.807, 2.05) is 36.1 Å². The minimum absolute atomic E-state index is 0.107. The van der Waals surface area contributed by atoms with Gasteiger partial charge in [0.1, 0.15) is 0 Å². The van der Waals surface area contributed by atoms with Gasteiger partial charge in [-0.15, -0.1) is 0 Å². The van der Waals surface area contributed by atoms with E-state index in [0.29, 0.717) is 13.0 Å². The first-order valence-electron chi connectivity index (χ1n) is 8.21. The molecule has 5 nitrogen and oxygen atoms in total. The van der Waals surface area contributed by atoms with Crippen LogP contribution in [-0.2, 0) is 16.4 Å². The van der Waals surface area contributed by atoms with Crippen LogP contribution in [-0.4, -0.2) is 49.4 Å². The fourth-order valence-corrected chi connectivity index (χ4v) is 5.46. The monoisotopic (exact) mass is 336 g/mol. The molecule has 0 bridgehead atoms. The Bertz CT molecular complexity index is 678. The molecule has 2 aliphatic rings. The van der Waals surface area contributed by atoms with Crippen LogP contribution in [0.15, 0.2) is 24.3 Å². The van der Waals surface area contributed by atoms with E-state index in [4.69, 9.17) is 0 Å². The SMILES string of the molecule is C[C@]1(NCc2ccc(C(=O)N3CCCC3)cc2)CCS(=O)(=O)C1. The Balaban J connectivity index is 1.58. The van der Waals surface area contributed by atoms with E-state index in [1.54, 1.807) is 0 Å². The van der Waals surface area contributed by atoms with Crippen LogP contribution < -0.4 is 5.32 Å². The van der Waals surface area contributed by atoms with Crippen molar-refractivity contribution in [2.75, 3.05) is 24.6 Å². The molecule has 0 aromatic heterocycles. The van der Waals surface area contributed by atoms with E-state index in [2.05, 4.69) is 5.32 Å². The highest BCUT2D eigenvalue weighted by Crippen LogP contribution is 2.23. The summed E-state index contributed by atoms with van der Waals surface area (Å²) < 4.78 is 23.2. The zero-order valence-electron chi connectivity index (χ0n) is 13.5. The predicted molar refractivity (Wildman–Crippen MR) is 90.1 cm³/mol. The predicted octanol–water partition coefficient (Wildman–Crippen LogP) is 1.59. The van der Waals surface area contributed by atoms with Crippen molar-refractivity contribution in [3.05, 3.63) is 35.4 Å². The molecule has 1 atom stereocenters. The Kier molecular flexibility index (Phi) is 4.47. The number of benzene rings is 1. The summed E-state index contributed by atoms with van der Waals surface area (Å²) in [6, 6.07) is 7.63. The van der Waals surface area contributed by atoms with Crippen LogP contribution in [0.25, 0.3) is 0 Å². The summed E-state index contributed by atoms with van der Waals surface area (Å²) in [6.07, 6.45) is 2.84. The summed E-state index contributed by atoms with van der Waals surface area (Å²) in [5.74, 6) is 0.571. The number of nitrogens with one attached hydrogen (secondary N) is 1. The third kappa shape index (κ3) is 3.93. The third-order valence-corrected chi connectivity index (χ3v) is 6.72. The molecule has 0 radical (unpaired) electrons. The smallest absolute Gasteiger partial charge is 0.253 e. The van der Waals surface area contributed by atoms with Crippen LogP contribution in [0.3, 0.4) is 0 Å². The van der Waals surface area contributed by atoms with Gasteiger partial charge in [0.25, 0.3) is 5.91 Å². The van der Waals surface area contributed by atoms with Crippen LogP contribution in [0.5, 0.6) is 0 Å². The summed E-state index contributed by atoms with van der Waals surface area (Å²) in [6.45, 7) is 4.29. The maximum Gasteiger partial charge on any atom is 0.253 e. The molecule has 2 aliphatic heterocycles. The third-order valence-electron chi connectivity index (χ3n) is 4.82. The molecular weight excluding hydrogens is 312 g/mol. The van der Waals surface area contributed by atoms with Crippen molar-refractivity contribution in [3.8, 4) is 0 Å². The van der Waals surface area contributed by atoms with Crippen molar-refractivity contribution in [2.24, 2.45) is 0 Å².